The second-order valence-corrected chi connectivity index (χ2v) is 11.9. The van der Waals surface area contributed by atoms with Crippen molar-refractivity contribution in [2.24, 2.45) is 0 Å². The molecule has 10 heteroatoms. The minimum atomic E-state index is -3.61. The Labute approximate surface area is 200 Å². The second-order valence-electron chi connectivity index (χ2n) is 7.49. The van der Waals surface area contributed by atoms with Crippen LogP contribution in [0, 0.1) is 0 Å². The fourth-order valence-electron chi connectivity index (χ4n) is 3.53. The Morgan fingerprint density at radius 2 is 2.06 bits per heavy atom. The molecule has 1 aliphatic heterocycles. The van der Waals surface area contributed by atoms with Crippen LogP contribution in [0.4, 0.5) is 5.13 Å². The van der Waals surface area contributed by atoms with E-state index >= 15 is 0 Å². The highest BCUT2D eigenvalue weighted by Crippen LogP contribution is 2.33. The van der Waals surface area contributed by atoms with Crippen molar-refractivity contribution in [3.8, 4) is 0 Å². The normalized spacial score (nSPS) is 16.5. The number of anilines is 1. The van der Waals surface area contributed by atoms with Gasteiger partial charge in [0.05, 0.1) is 33.5 Å². The molecule has 0 spiro atoms. The van der Waals surface area contributed by atoms with Crippen molar-refractivity contribution in [1.29, 1.82) is 0 Å². The third-order valence-electron chi connectivity index (χ3n) is 5.28. The number of thiazole rings is 1. The van der Waals surface area contributed by atoms with Gasteiger partial charge in [0.1, 0.15) is 0 Å². The monoisotopic (exact) mass is 510 g/mol. The van der Waals surface area contributed by atoms with Crippen LogP contribution < -0.4 is 4.90 Å². The number of hydrogen-bond acceptors (Lipinski definition) is 7. The fourth-order valence-corrected chi connectivity index (χ4v) is 6.43. The van der Waals surface area contributed by atoms with Crippen LogP contribution in [0.2, 0.25) is 5.02 Å². The van der Waals surface area contributed by atoms with E-state index in [9.17, 15) is 13.2 Å². The minimum Gasteiger partial charge on any atom is -0.376 e. The Morgan fingerprint density at radius 1 is 1.28 bits per heavy atom. The smallest absolute Gasteiger partial charge is 0.229 e. The van der Waals surface area contributed by atoms with Gasteiger partial charge in [0.25, 0.3) is 0 Å². The third kappa shape index (κ3) is 5.46. The van der Waals surface area contributed by atoms with Crippen molar-refractivity contribution < 1.29 is 17.9 Å². The van der Waals surface area contributed by atoms with E-state index in [0.29, 0.717) is 23.3 Å². The van der Waals surface area contributed by atoms with Gasteiger partial charge in [-0.2, -0.15) is 0 Å². The van der Waals surface area contributed by atoms with Gasteiger partial charge in [-0.3, -0.25) is 9.69 Å². The molecule has 1 unspecified atom stereocenters. The standard InChI is InChI=1S/C22H23ClN2O4S3/c1-30-17-6-9-19-20(13-17)31-22(24-19)25(14-16-3-2-11-29-16)21(26)10-12-32(27,28)18-7-4-15(23)5-8-18/h4-9,13,16H,2-3,10-12,14H2,1H3. The van der Waals surface area contributed by atoms with Gasteiger partial charge in [0, 0.05) is 22.9 Å². The average Bonchev–Trinajstić information content (AvgIpc) is 3.45. The van der Waals surface area contributed by atoms with Gasteiger partial charge in [0.2, 0.25) is 5.91 Å². The molecule has 0 bridgehead atoms. The number of halogens is 1. The molecule has 1 amide bonds. The summed E-state index contributed by atoms with van der Waals surface area (Å²) >= 11 is 8.94. The predicted molar refractivity (Wildman–Crippen MR) is 131 cm³/mol. The van der Waals surface area contributed by atoms with Crippen molar-refractivity contribution in [2.45, 2.75) is 35.2 Å². The number of fused-ring (bicyclic) bond motifs is 1. The number of carbonyl (C=O) groups is 1. The highest BCUT2D eigenvalue weighted by atomic mass is 35.5. The summed E-state index contributed by atoms with van der Waals surface area (Å²) in [5, 5.41) is 1.03. The number of hydrogen-bond donors (Lipinski definition) is 0. The van der Waals surface area contributed by atoms with E-state index in [-0.39, 0.29) is 29.1 Å². The average molecular weight is 511 g/mol. The van der Waals surface area contributed by atoms with Crippen LogP contribution in [0.3, 0.4) is 0 Å². The van der Waals surface area contributed by atoms with E-state index in [0.717, 1.165) is 28.0 Å². The van der Waals surface area contributed by atoms with Gasteiger partial charge >= 0.3 is 0 Å². The highest BCUT2D eigenvalue weighted by molar-refractivity contribution is 7.98. The number of amides is 1. The highest BCUT2D eigenvalue weighted by Gasteiger charge is 2.27. The van der Waals surface area contributed by atoms with E-state index in [1.54, 1.807) is 16.7 Å². The Bertz CT molecular complexity index is 1210. The lowest BCUT2D eigenvalue weighted by Gasteiger charge is -2.23. The molecule has 0 saturated carbocycles. The maximum absolute atomic E-state index is 13.2. The van der Waals surface area contributed by atoms with Crippen LogP contribution in [0.25, 0.3) is 10.2 Å². The molecule has 170 valence electrons. The first-order chi connectivity index (χ1) is 15.4. The zero-order valence-corrected chi connectivity index (χ0v) is 20.7. The first kappa shape index (κ1) is 23.5. The van der Waals surface area contributed by atoms with Crippen molar-refractivity contribution in [3.05, 3.63) is 47.5 Å². The maximum Gasteiger partial charge on any atom is 0.229 e. The van der Waals surface area contributed by atoms with E-state index in [1.807, 2.05) is 18.4 Å². The largest absolute Gasteiger partial charge is 0.376 e. The quantitative estimate of drug-likeness (QED) is 0.395. The lowest BCUT2D eigenvalue weighted by atomic mass is 10.2. The molecule has 2 heterocycles. The van der Waals surface area contributed by atoms with Crippen molar-refractivity contribution in [3.63, 3.8) is 0 Å². The summed E-state index contributed by atoms with van der Waals surface area (Å²) in [4.78, 5) is 20.7. The van der Waals surface area contributed by atoms with E-state index in [4.69, 9.17) is 16.3 Å². The van der Waals surface area contributed by atoms with Gasteiger partial charge in [-0.1, -0.05) is 22.9 Å². The molecule has 2 aromatic carbocycles. The maximum atomic E-state index is 13.2. The molecule has 1 fully saturated rings. The zero-order chi connectivity index (χ0) is 22.7. The Balaban J connectivity index is 1.55. The number of benzene rings is 2. The lowest BCUT2D eigenvalue weighted by Crippen LogP contribution is -2.38. The molecule has 32 heavy (non-hydrogen) atoms. The lowest BCUT2D eigenvalue weighted by molar-refractivity contribution is -0.118. The van der Waals surface area contributed by atoms with Crippen LogP contribution in [0.15, 0.2) is 52.3 Å². The van der Waals surface area contributed by atoms with Crippen LogP contribution in [0.1, 0.15) is 19.3 Å². The number of aromatic nitrogens is 1. The molecular weight excluding hydrogens is 488 g/mol. The van der Waals surface area contributed by atoms with Gasteiger partial charge < -0.3 is 4.74 Å². The summed E-state index contributed by atoms with van der Waals surface area (Å²) in [7, 11) is -3.61. The summed E-state index contributed by atoms with van der Waals surface area (Å²) in [6, 6.07) is 12.0. The van der Waals surface area contributed by atoms with Crippen LogP contribution >= 0.6 is 34.7 Å². The van der Waals surface area contributed by atoms with Gasteiger partial charge in [-0.05, 0) is 61.6 Å². The summed E-state index contributed by atoms with van der Waals surface area (Å²) in [5.41, 5.74) is 0.821. The molecule has 6 nitrogen and oxygen atoms in total. The molecule has 0 radical (unpaired) electrons. The van der Waals surface area contributed by atoms with Crippen LogP contribution in [-0.2, 0) is 19.4 Å². The molecular formula is C22H23ClN2O4S3. The molecule has 1 aromatic heterocycles. The third-order valence-corrected chi connectivity index (χ3v) is 9.03. The Morgan fingerprint density at radius 3 is 2.75 bits per heavy atom. The molecule has 1 aliphatic rings. The molecule has 1 saturated heterocycles. The molecule has 1 atom stereocenters. The molecule has 4 rings (SSSR count). The number of sulfone groups is 1. The number of rotatable bonds is 8. The summed E-state index contributed by atoms with van der Waals surface area (Å²) < 4.78 is 32.2. The molecule has 3 aromatic rings. The SMILES string of the molecule is CSc1ccc2nc(N(CC3CCCO3)C(=O)CCS(=O)(=O)c3ccc(Cl)cc3)sc2c1. The second kappa shape index (κ2) is 10.1. The molecule has 0 aliphatic carbocycles. The summed E-state index contributed by atoms with van der Waals surface area (Å²) in [6.07, 6.45) is 3.63. The van der Waals surface area contributed by atoms with Crippen LogP contribution in [0.5, 0.6) is 0 Å². The first-order valence-corrected chi connectivity index (χ1v) is 14.3. The topological polar surface area (TPSA) is 76.6 Å². The van der Waals surface area contributed by atoms with Gasteiger partial charge in [-0.15, -0.1) is 11.8 Å². The number of nitrogens with zero attached hydrogens (tertiary/aromatic N) is 2. The van der Waals surface area contributed by atoms with Crippen LogP contribution in [-0.4, -0.2) is 50.6 Å². The van der Waals surface area contributed by atoms with E-state index < -0.39 is 9.84 Å². The van der Waals surface area contributed by atoms with Crippen molar-refractivity contribution >= 4 is 65.8 Å². The van der Waals surface area contributed by atoms with Crippen molar-refractivity contribution in [2.75, 3.05) is 30.1 Å². The summed E-state index contributed by atoms with van der Waals surface area (Å²) in [5.74, 6) is -0.557. The number of ether oxygens (including phenoxy) is 1. The number of carbonyl (C=O) groups excluding carboxylic acids is 1. The minimum absolute atomic E-state index is 0.0689. The Kier molecular flexibility index (Phi) is 7.41. The Hall–Kier alpha value is -1.65. The predicted octanol–water partition coefficient (Wildman–Crippen LogP) is 5.05. The fraction of sp³-hybridized carbons (Fsp3) is 0.364. The van der Waals surface area contributed by atoms with E-state index in [1.165, 1.54) is 35.6 Å². The van der Waals surface area contributed by atoms with Crippen molar-refractivity contribution in [1.82, 2.24) is 4.98 Å². The zero-order valence-electron chi connectivity index (χ0n) is 17.5. The van der Waals surface area contributed by atoms with Gasteiger partial charge in [-0.25, -0.2) is 13.4 Å². The first-order valence-electron chi connectivity index (χ1n) is 10.2. The number of thioether (sulfide) groups is 1. The van der Waals surface area contributed by atoms with Gasteiger partial charge in [0.15, 0.2) is 15.0 Å². The van der Waals surface area contributed by atoms with E-state index in [2.05, 4.69) is 11.1 Å². The summed E-state index contributed by atoms with van der Waals surface area (Å²) in [6.45, 7) is 1.05. The molecule has 0 N–H and O–H groups in total.